The van der Waals surface area contributed by atoms with Crippen LogP contribution in [0.4, 0.5) is 5.69 Å². The molecule has 0 amide bonds. The van der Waals surface area contributed by atoms with Gasteiger partial charge in [0.1, 0.15) is 5.75 Å². The Balaban J connectivity index is 1.24. The largest absolute Gasteiger partial charge is 0.497 e. The van der Waals surface area contributed by atoms with Crippen molar-refractivity contribution >= 4 is 16.5 Å². The van der Waals surface area contributed by atoms with E-state index < -0.39 is 0 Å². The van der Waals surface area contributed by atoms with Crippen LogP contribution in [0.5, 0.6) is 5.75 Å². The summed E-state index contributed by atoms with van der Waals surface area (Å²) in [5.74, 6) is 0.918. The molecule has 0 atom stereocenters. The summed E-state index contributed by atoms with van der Waals surface area (Å²) in [7, 11) is 1.71. The third kappa shape index (κ3) is 4.42. The normalized spacial score (nSPS) is 15.2. The number of rotatable bonds is 6. The average molecular weight is 359 g/mol. The van der Waals surface area contributed by atoms with Crippen molar-refractivity contribution in [3.63, 3.8) is 0 Å². The molecule has 0 N–H and O–H groups in total. The minimum atomic E-state index is 0.918. The van der Waals surface area contributed by atoms with Gasteiger partial charge in [-0.1, -0.05) is 42.5 Å². The first kappa shape index (κ1) is 17.9. The number of ether oxygens (including phenoxy) is 1. The summed E-state index contributed by atoms with van der Waals surface area (Å²) in [5, 5.41) is 2.63. The summed E-state index contributed by atoms with van der Waals surface area (Å²) in [5.41, 5.74) is 2.61. The average Bonchev–Trinajstić information content (AvgIpc) is 2.74. The number of nitrogens with zero attached hydrogens (tertiary/aromatic N) is 2. The first-order chi connectivity index (χ1) is 13.3. The van der Waals surface area contributed by atoms with Gasteiger partial charge in [-0.3, -0.25) is 4.90 Å². The van der Waals surface area contributed by atoms with Crippen molar-refractivity contribution in [1.82, 2.24) is 4.90 Å². The summed E-state index contributed by atoms with van der Waals surface area (Å²) < 4.78 is 5.25. The lowest BCUT2D eigenvalue weighted by Crippen LogP contribution is -2.46. The molecule has 3 aromatic carbocycles. The third-order valence-electron chi connectivity index (χ3n) is 5.41. The minimum Gasteiger partial charge on any atom is -0.497 e. The monoisotopic (exact) mass is 359 g/mol. The van der Waals surface area contributed by atoms with Gasteiger partial charge >= 0.3 is 0 Å². The fourth-order valence-electron chi connectivity index (χ4n) is 3.77. The van der Waals surface area contributed by atoms with E-state index in [1.54, 1.807) is 7.11 Å². The van der Waals surface area contributed by atoms with E-state index in [9.17, 15) is 0 Å². The van der Waals surface area contributed by atoms with Crippen LogP contribution in [-0.4, -0.2) is 44.7 Å². The van der Waals surface area contributed by atoms with Crippen molar-refractivity contribution in [3.8, 4) is 5.75 Å². The van der Waals surface area contributed by atoms with Gasteiger partial charge in [-0.05, 0) is 60.0 Å². The highest BCUT2D eigenvalue weighted by Crippen LogP contribution is 2.21. The highest BCUT2D eigenvalue weighted by atomic mass is 16.5. The van der Waals surface area contributed by atoms with Crippen molar-refractivity contribution in [2.45, 2.75) is 6.42 Å². The van der Waals surface area contributed by atoms with Gasteiger partial charge in [0.15, 0.2) is 0 Å². The summed E-state index contributed by atoms with van der Waals surface area (Å²) in [6.07, 6.45) is 3.46. The molecule has 1 fully saturated rings. The fourth-order valence-corrected chi connectivity index (χ4v) is 3.77. The first-order valence-corrected chi connectivity index (χ1v) is 9.75. The van der Waals surface area contributed by atoms with E-state index in [1.165, 1.54) is 22.0 Å². The molecule has 3 nitrogen and oxygen atoms in total. The zero-order valence-electron chi connectivity index (χ0n) is 16.0. The summed E-state index contributed by atoms with van der Waals surface area (Å²) in [6.45, 7) is 5.54. The van der Waals surface area contributed by atoms with E-state index in [0.29, 0.717) is 0 Å². The fraction of sp³-hybridized carbons (Fsp3) is 0.292. The molecule has 0 bridgehead atoms. The van der Waals surface area contributed by atoms with E-state index in [1.807, 2.05) is 12.1 Å². The topological polar surface area (TPSA) is 15.7 Å². The molecule has 0 aliphatic carbocycles. The number of hydrogen-bond acceptors (Lipinski definition) is 3. The van der Waals surface area contributed by atoms with E-state index in [0.717, 1.165) is 44.9 Å². The SMILES string of the molecule is COc1ccc(N2CCN(CC[CH]c3ccc4ccccc4c3)CC2)cc1. The van der Waals surface area contributed by atoms with Crippen LogP contribution in [-0.2, 0) is 0 Å². The van der Waals surface area contributed by atoms with Gasteiger partial charge in [0, 0.05) is 31.9 Å². The quantitative estimate of drug-likeness (QED) is 0.639. The van der Waals surface area contributed by atoms with E-state index >= 15 is 0 Å². The second kappa shape index (κ2) is 8.45. The van der Waals surface area contributed by atoms with Crippen LogP contribution in [0.15, 0.2) is 66.7 Å². The van der Waals surface area contributed by atoms with E-state index in [2.05, 4.69) is 70.8 Å². The van der Waals surface area contributed by atoms with E-state index in [4.69, 9.17) is 4.74 Å². The van der Waals surface area contributed by atoms with Gasteiger partial charge in [-0.15, -0.1) is 0 Å². The van der Waals surface area contributed by atoms with Crippen molar-refractivity contribution in [1.29, 1.82) is 0 Å². The lowest BCUT2D eigenvalue weighted by Gasteiger charge is -2.36. The molecule has 1 aliphatic rings. The third-order valence-corrected chi connectivity index (χ3v) is 5.41. The predicted molar refractivity (Wildman–Crippen MR) is 114 cm³/mol. The molecule has 0 unspecified atom stereocenters. The Labute approximate surface area is 162 Å². The highest BCUT2D eigenvalue weighted by molar-refractivity contribution is 5.83. The molecule has 1 radical (unpaired) electrons. The Kier molecular flexibility index (Phi) is 5.59. The van der Waals surface area contributed by atoms with E-state index in [-0.39, 0.29) is 0 Å². The molecule has 27 heavy (non-hydrogen) atoms. The van der Waals surface area contributed by atoms with Crippen molar-refractivity contribution in [2.24, 2.45) is 0 Å². The lowest BCUT2D eigenvalue weighted by molar-refractivity contribution is 0.261. The lowest BCUT2D eigenvalue weighted by atomic mass is 10.0. The zero-order chi connectivity index (χ0) is 18.5. The van der Waals surface area contributed by atoms with Gasteiger partial charge in [-0.25, -0.2) is 0 Å². The van der Waals surface area contributed by atoms with Gasteiger partial charge in [-0.2, -0.15) is 0 Å². The maximum atomic E-state index is 5.25. The Hall–Kier alpha value is -2.52. The maximum absolute atomic E-state index is 5.25. The second-order valence-corrected chi connectivity index (χ2v) is 7.13. The molecule has 0 aromatic heterocycles. The summed E-state index contributed by atoms with van der Waals surface area (Å²) >= 11 is 0. The Morgan fingerprint density at radius 2 is 1.59 bits per heavy atom. The standard InChI is InChI=1S/C24H27N2O/c1-27-24-12-10-23(11-13-24)26-17-15-25(16-18-26)14-4-5-20-8-9-21-6-2-3-7-22(21)19-20/h2-3,5-13,19H,4,14-18H2,1H3. The second-order valence-electron chi connectivity index (χ2n) is 7.13. The molecular weight excluding hydrogens is 332 g/mol. The van der Waals surface area contributed by atoms with Crippen LogP contribution in [0.25, 0.3) is 10.8 Å². The predicted octanol–water partition coefficient (Wildman–Crippen LogP) is 4.61. The number of methoxy groups -OCH3 is 1. The van der Waals surface area contributed by atoms with Crippen LogP contribution in [0.2, 0.25) is 0 Å². The van der Waals surface area contributed by atoms with Gasteiger partial charge in [0.05, 0.1) is 7.11 Å². The highest BCUT2D eigenvalue weighted by Gasteiger charge is 2.16. The van der Waals surface area contributed by atoms with Crippen LogP contribution in [0, 0.1) is 6.42 Å². The molecule has 139 valence electrons. The van der Waals surface area contributed by atoms with Crippen molar-refractivity contribution < 1.29 is 4.74 Å². The zero-order valence-corrected chi connectivity index (χ0v) is 16.0. The number of fused-ring (bicyclic) bond motifs is 1. The number of hydrogen-bond donors (Lipinski definition) is 0. The number of anilines is 1. The van der Waals surface area contributed by atoms with Crippen LogP contribution in [0.1, 0.15) is 12.0 Å². The molecular formula is C24H27N2O. The Morgan fingerprint density at radius 3 is 2.33 bits per heavy atom. The van der Waals surface area contributed by atoms with Crippen LogP contribution in [0.3, 0.4) is 0 Å². The summed E-state index contributed by atoms with van der Waals surface area (Å²) in [4.78, 5) is 5.03. The molecule has 1 saturated heterocycles. The number of benzene rings is 3. The molecule has 1 heterocycles. The molecule has 3 aromatic rings. The van der Waals surface area contributed by atoms with Gasteiger partial charge in [0.2, 0.25) is 0 Å². The number of piperazine rings is 1. The van der Waals surface area contributed by atoms with Crippen LogP contribution < -0.4 is 9.64 Å². The van der Waals surface area contributed by atoms with Gasteiger partial charge in [0.25, 0.3) is 0 Å². The Bertz CT molecular complexity index is 867. The van der Waals surface area contributed by atoms with Gasteiger partial charge < -0.3 is 9.64 Å². The smallest absolute Gasteiger partial charge is 0.119 e. The minimum absolute atomic E-state index is 0.918. The Morgan fingerprint density at radius 1 is 0.852 bits per heavy atom. The molecule has 3 heteroatoms. The van der Waals surface area contributed by atoms with Crippen molar-refractivity contribution in [2.75, 3.05) is 44.7 Å². The molecule has 0 saturated carbocycles. The molecule has 4 rings (SSSR count). The van der Waals surface area contributed by atoms with Crippen LogP contribution >= 0.6 is 0 Å². The van der Waals surface area contributed by atoms with Crippen molar-refractivity contribution in [3.05, 3.63) is 78.7 Å². The maximum Gasteiger partial charge on any atom is 0.119 e. The molecule has 1 aliphatic heterocycles. The first-order valence-electron chi connectivity index (χ1n) is 9.75. The summed E-state index contributed by atoms with van der Waals surface area (Å²) in [6, 6.07) is 23.7. The molecule has 0 spiro atoms.